The Morgan fingerprint density at radius 3 is 2.60 bits per heavy atom. The molecule has 2 rings (SSSR count). The maximum atomic E-state index is 9.59. The first-order valence-corrected chi connectivity index (χ1v) is 6.99. The summed E-state index contributed by atoms with van der Waals surface area (Å²) in [6.07, 6.45) is 0.321. The van der Waals surface area contributed by atoms with Crippen LogP contribution < -0.4 is 0 Å². The van der Waals surface area contributed by atoms with Gasteiger partial charge in [-0.3, -0.25) is 0 Å². The van der Waals surface area contributed by atoms with Crippen LogP contribution in [0, 0.1) is 6.92 Å². The van der Waals surface area contributed by atoms with Crippen LogP contribution in [0.5, 0.6) is 0 Å². The minimum atomic E-state index is -0.494. The molecule has 0 spiro atoms. The predicted molar refractivity (Wildman–Crippen MR) is 63.5 cm³/mol. The molecule has 15 heavy (non-hydrogen) atoms. The third kappa shape index (κ3) is 2.69. The molecule has 0 saturated carbocycles. The number of rotatable bonds is 1. The number of aliphatic hydroxyl groups is 1. The van der Waals surface area contributed by atoms with E-state index in [0.717, 1.165) is 11.0 Å². The quantitative estimate of drug-likeness (QED) is 0.776. The summed E-state index contributed by atoms with van der Waals surface area (Å²) in [5, 5.41) is 9.59. The average molecular weight is 268 g/mol. The zero-order valence-electron chi connectivity index (χ0n) is 8.97. The number of hydrogen-bond acceptors (Lipinski definition) is 2. The molecule has 2 nitrogen and oxygen atoms in total. The van der Waals surface area contributed by atoms with E-state index in [-0.39, 0.29) is 0 Å². The average Bonchev–Trinajstić information content (AvgIpc) is 2.17. The van der Waals surface area contributed by atoms with Crippen molar-refractivity contribution in [1.82, 2.24) is 0 Å². The first-order chi connectivity index (χ1) is 7.15. The van der Waals surface area contributed by atoms with Crippen LogP contribution in [0.4, 0.5) is 0 Å². The number of nitrogens with zero attached hydrogens (tertiary/aromatic N) is 1. The molecule has 0 unspecified atom stereocenters. The summed E-state index contributed by atoms with van der Waals surface area (Å²) in [7, 11) is 0. The van der Waals surface area contributed by atoms with E-state index in [9.17, 15) is 5.11 Å². The summed E-state index contributed by atoms with van der Waals surface area (Å²) in [4.78, 5) is 4.92. The Kier molecular flexibility index (Phi) is 3.25. The molecule has 1 aromatic rings. The Balaban J connectivity index is 2.26. The first kappa shape index (κ1) is 10.9. The molecular weight excluding hydrogens is 253 g/mol. The summed E-state index contributed by atoms with van der Waals surface area (Å²) in [5.41, 5.74) is 2.43. The fourth-order valence-corrected chi connectivity index (χ4v) is 3.91. The molecular formula is C12H15NOSe. The monoisotopic (exact) mass is 269 g/mol. The van der Waals surface area contributed by atoms with Gasteiger partial charge in [-0.15, -0.1) is 0 Å². The predicted octanol–water partition coefficient (Wildman–Crippen LogP) is 1.98. The fraction of sp³-hybridized carbons (Fsp3) is 0.417. The standard InChI is InChI=1S/C12H15NOSe/c1-8-3-5-10(6-4-8)12-13-11(14)7-9(2)15-12/h3-6,9,11,14H,7H2,1-2H3/t9-,11-/m0/s1. The van der Waals surface area contributed by atoms with E-state index in [1.165, 1.54) is 11.1 Å². The summed E-state index contributed by atoms with van der Waals surface area (Å²) in [5.74, 6) is 0. The molecule has 80 valence electrons. The van der Waals surface area contributed by atoms with E-state index in [1.807, 2.05) is 0 Å². The van der Waals surface area contributed by atoms with Gasteiger partial charge < -0.3 is 0 Å². The van der Waals surface area contributed by atoms with Crippen molar-refractivity contribution < 1.29 is 5.11 Å². The molecule has 0 aromatic heterocycles. The van der Waals surface area contributed by atoms with Gasteiger partial charge in [0.1, 0.15) is 0 Å². The van der Waals surface area contributed by atoms with Crippen molar-refractivity contribution >= 4 is 19.6 Å². The van der Waals surface area contributed by atoms with Gasteiger partial charge in [0.05, 0.1) is 0 Å². The normalized spacial score (nSPS) is 26.2. The van der Waals surface area contributed by atoms with Crippen LogP contribution in [-0.4, -0.2) is 30.9 Å². The van der Waals surface area contributed by atoms with Gasteiger partial charge in [0.2, 0.25) is 0 Å². The zero-order valence-corrected chi connectivity index (χ0v) is 10.7. The molecule has 0 saturated heterocycles. The number of hydrogen-bond donors (Lipinski definition) is 1. The van der Waals surface area contributed by atoms with Crippen LogP contribution >= 0.6 is 0 Å². The molecule has 1 heterocycles. The Morgan fingerprint density at radius 2 is 2.00 bits per heavy atom. The van der Waals surface area contributed by atoms with Crippen LogP contribution in [0.3, 0.4) is 0 Å². The summed E-state index contributed by atoms with van der Waals surface area (Å²) in [6.45, 7) is 4.27. The third-order valence-corrected chi connectivity index (χ3v) is 4.85. The Hall–Kier alpha value is -0.631. The van der Waals surface area contributed by atoms with Crippen LogP contribution in [-0.2, 0) is 0 Å². The summed E-state index contributed by atoms with van der Waals surface area (Å²) in [6, 6.07) is 8.39. The Labute approximate surface area is 96.6 Å². The van der Waals surface area contributed by atoms with Gasteiger partial charge >= 0.3 is 96.4 Å². The second kappa shape index (κ2) is 4.48. The van der Waals surface area contributed by atoms with Crippen LogP contribution in [0.2, 0.25) is 4.82 Å². The molecule has 1 N–H and O–H groups in total. The molecule has 3 heteroatoms. The molecule has 0 fully saturated rings. The molecule has 1 aromatic carbocycles. The van der Waals surface area contributed by atoms with Gasteiger partial charge in [-0.1, -0.05) is 0 Å². The van der Waals surface area contributed by atoms with E-state index in [4.69, 9.17) is 0 Å². The number of aliphatic imine (C=N–C) groups is 1. The Bertz CT molecular complexity index is 372. The molecule has 0 aliphatic carbocycles. The fourth-order valence-electron chi connectivity index (χ4n) is 1.59. The van der Waals surface area contributed by atoms with Gasteiger partial charge in [-0.2, -0.15) is 0 Å². The molecule has 2 atom stereocenters. The van der Waals surface area contributed by atoms with Crippen molar-refractivity contribution in [2.75, 3.05) is 0 Å². The van der Waals surface area contributed by atoms with E-state index >= 15 is 0 Å². The van der Waals surface area contributed by atoms with E-state index in [1.54, 1.807) is 0 Å². The Morgan fingerprint density at radius 1 is 1.33 bits per heavy atom. The zero-order chi connectivity index (χ0) is 10.8. The number of aryl methyl sites for hydroxylation is 1. The van der Waals surface area contributed by atoms with E-state index in [2.05, 4.69) is 43.1 Å². The van der Waals surface area contributed by atoms with Crippen molar-refractivity contribution in [2.45, 2.75) is 31.3 Å². The first-order valence-electron chi connectivity index (χ1n) is 5.15. The van der Waals surface area contributed by atoms with E-state index in [0.29, 0.717) is 19.8 Å². The molecule has 0 amide bonds. The van der Waals surface area contributed by atoms with Crippen molar-refractivity contribution in [2.24, 2.45) is 4.99 Å². The van der Waals surface area contributed by atoms with Gasteiger partial charge in [-0.05, 0) is 0 Å². The summed E-state index contributed by atoms with van der Waals surface area (Å²) >= 11 is 0.397. The van der Waals surface area contributed by atoms with Gasteiger partial charge in [-0.25, -0.2) is 0 Å². The topological polar surface area (TPSA) is 32.6 Å². The second-order valence-electron chi connectivity index (χ2n) is 3.95. The van der Waals surface area contributed by atoms with Crippen LogP contribution in [0.1, 0.15) is 24.5 Å². The maximum absolute atomic E-state index is 9.59. The van der Waals surface area contributed by atoms with Crippen LogP contribution in [0.15, 0.2) is 29.3 Å². The number of benzene rings is 1. The van der Waals surface area contributed by atoms with Gasteiger partial charge in [0.25, 0.3) is 0 Å². The second-order valence-corrected chi connectivity index (χ2v) is 6.94. The van der Waals surface area contributed by atoms with Crippen molar-refractivity contribution in [1.29, 1.82) is 0 Å². The van der Waals surface area contributed by atoms with Crippen LogP contribution in [0.25, 0.3) is 0 Å². The molecule has 0 radical (unpaired) electrons. The SMILES string of the molecule is Cc1ccc(C2=N[C@@H](O)C[C@H](C)[Se]2)cc1. The molecule has 0 bridgehead atoms. The summed E-state index contributed by atoms with van der Waals surface area (Å²) < 4.78 is 1.11. The molecule has 1 aliphatic rings. The van der Waals surface area contributed by atoms with Crippen molar-refractivity contribution in [3.8, 4) is 0 Å². The number of aliphatic hydroxyl groups excluding tert-OH is 1. The third-order valence-electron chi connectivity index (χ3n) is 2.42. The van der Waals surface area contributed by atoms with Gasteiger partial charge in [0, 0.05) is 0 Å². The van der Waals surface area contributed by atoms with Crippen molar-refractivity contribution in [3.05, 3.63) is 35.4 Å². The molecule has 1 aliphatic heterocycles. The van der Waals surface area contributed by atoms with Crippen molar-refractivity contribution in [3.63, 3.8) is 0 Å². The minimum absolute atomic E-state index is 0.397. The van der Waals surface area contributed by atoms with Gasteiger partial charge in [0.15, 0.2) is 0 Å². The van der Waals surface area contributed by atoms with E-state index < -0.39 is 6.23 Å².